The zero-order valence-electron chi connectivity index (χ0n) is 17.6. The second-order valence-electron chi connectivity index (χ2n) is 7.49. The van der Waals surface area contributed by atoms with Crippen LogP contribution in [0.2, 0.25) is 5.02 Å². The van der Waals surface area contributed by atoms with Crippen LogP contribution in [-0.2, 0) is 24.7 Å². The van der Waals surface area contributed by atoms with Crippen molar-refractivity contribution in [1.82, 2.24) is 14.9 Å². The zero-order valence-corrected chi connectivity index (χ0v) is 18.3. The molecule has 164 valence electrons. The summed E-state index contributed by atoms with van der Waals surface area (Å²) in [5.74, 6) is -0.760. The maximum Gasteiger partial charge on any atom is 0.326 e. The molecule has 1 aliphatic carbocycles. The fourth-order valence-electron chi connectivity index (χ4n) is 3.88. The highest BCUT2D eigenvalue weighted by Crippen LogP contribution is 2.42. The molecule has 0 N–H and O–H groups in total. The highest BCUT2D eigenvalue weighted by atomic mass is 35.5. The standard InChI is InChI=1S/C22H25ClN4O4/c1-26(21-24-12-7-13-25-21)14-20(30)31-15-19(29)27(2)22(11-6-5-10-18(22)28)16-8-3-4-9-17(16)23/h3-4,7-9,12-13H,5-6,10-11,14-15H2,1-2H3. The highest BCUT2D eigenvalue weighted by molar-refractivity contribution is 6.31. The maximum atomic E-state index is 13.1. The number of Topliss-reactive ketones (excluding diaryl/α,β-unsaturated/α-hetero) is 1. The summed E-state index contributed by atoms with van der Waals surface area (Å²) in [6.07, 6.45) is 5.53. The van der Waals surface area contributed by atoms with E-state index in [9.17, 15) is 14.4 Å². The Morgan fingerprint density at radius 2 is 1.84 bits per heavy atom. The second kappa shape index (κ2) is 9.87. The molecular formula is C22H25ClN4O4. The number of hydrogen-bond acceptors (Lipinski definition) is 7. The summed E-state index contributed by atoms with van der Waals surface area (Å²) in [4.78, 5) is 49.3. The van der Waals surface area contributed by atoms with Crippen molar-refractivity contribution < 1.29 is 19.1 Å². The molecule has 0 saturated heterocycles. The van der Waals surface area contributed by atoms with Gasteiger partial charge in [0.25, 0.3) is 5.91 Å². The zero-order chi connectivity index (χ0) is 22.4. The van der Waals surface area contributed by atoms with Crippen LogP contribution in [0.5, 0.6) is 0 Å². The van der Waals surface area contributed by atoms with Gasteiger partial charge in [0.1, 0.15) is 12.1 Å². The first kappa shape index (κ1) is 22.7. The van der Waals surface area contributed by atoms with Gasteiger partial charge in [-0.25, -0.2) is 9.97 Å². The molecule has 1 aliphatic rings. The third kappa shape index (κ3) is 4.85. The van der Waals surface area contributed by atoms with Crippen molar-refractivity contribution >= 4 is 35.2 Å². The molecule has 0 spiro atoms. The monoisotopic (exact) mass is 444 g/mol. The highest BCUT2D eigenvalue weighted by Gasteiger charge is 2.48. The first-order chi connectivity index (χ1) is 14.9. The van der Waals surface area contributed by atoms with E-state index >= 15 is 0 Å². The van der Waals surface area contributed by atoms with Crippen molar-refractivity contribution in [2.45, 2.75) is 31.2 Å². The van der Waals surface area contributed by atoms with Crippen molar-refractivity contribution in [3.05, 3.63) is 53.3 Å². The van der Waals surface area contributed by atoms with Gasteiger partial charge in [0, 0.05) is 43.5 Å². The minimum Gasteiger partial charge on any atom is -0.454 e. The van der Waals surface area contributed by atoms with Crippen LogP contribution in [0.3, 0.4) is 0 Å². The van der Waals surface area contributed by atoms with Crippen LogP contribution in [0.4, 0.5) is 5.95 Å². The summed E-state index contributed by atoms with van der Waals surface area (Å²) in [6, 6.07) is 8.73. The number of carbonyl (C=O) groups is 3. The molecule has 31 heavy (non-hydrogen) atoms. The Balaban J connectivity index is 1.70. The minimum atomic E-state index is -1.16. The van der Waals surface area contributed by atoms with E-state index in [4.69, 9.17) is 16.3 Å². The molecule has 1 unspecified atom stereocenters. The summed E-state index contributed by atoms with van der Waals surface area (Å²) >= 11 is 6.41. The summed E-state index contributed by atoms with van der Waals surface area (Å²) in [5, 5.41) is 0.430. The van der Waals surface area contributed by atoms with E-state index in [2.05, 4.69) is 9.97 Å². The summed E-state index contributed by atoms with van der Waals surface area (Å²) < 4.78 is 5.18. The van der Waals surface area contributed by atoms with Crippen molar-refractivity contribution in [2.24, 2.45) is 0 Å². The van der Waals surface area contributed by atoms with E-state index in [1.54, 1.807) is 56.8 Å². The Kier molecular flexibility index (Phi) is 7.22. The van der Waals surface area contributed by atoms with Gasteiger partial charge in [-0.1, -0.05) is 29.8 Å². The molecule has 1 aromatic heterocycles. The molecular weight excluding hydrogens is 420 g/mol. The Bertz CT molecular complexity index is 956. The van der Waals surface area contributed by atoms with Crippen molar-refractivity contribution in [1.29, 1.82) is 0 Å². The maximum absolute atomic E-state index is 13.1. The summed E-state index contributed by atoms with van der Waals surface area (Å²) in [7, 11) is 3.21. The number of likely N-dealkylation sites (N-methyl/N-ethyl adjacent to an activating group) is 2. The van der Waals surface area contributed by atoms with Crippen LogP contribution in [0.15, 0.2) is 42.7 Å². The Morgan fingerprint density at radius 3 is 2.52 bits per heavy atom. The Hall–Kier alpha value is -3.00. The van der Waals surface area contributed by atoms with Gasteiger partial charge in [-0.3, -0.25) is 14.4 Å². The number of halogens is 1. The number of carbonyl (C=O) groups excluding carboxylic acids is 3. The number of benzene rings is 1. The second-order valence-corrected chi connectivity index (χ2v) is 7.90. The average molecular weight is 445 g/mol. The fraction of sp³-hybridized carbons (Fsp3) is 0.409. The van der Waals surface area contributed by atoms with Crippen LogP contribution in [0.25, 0.3) is 0 Å². The lowest BCUT2D eigenvalue weighted by molar-refractivity contribution is -0.156. The number of ether oxygens (including phenoxy) is 1. The van der Waals surface area contributed by atoms with Gasteiger partial charge in [0.2, 0.25) is 5.95 Å². The van der Waals surface area contributed by atoms with Crippen LogP contribution in [-0.4, -0.2) is 59.8 Å². The Morgan fingerprint density at radius 1 is 1.13 bits per heavy atom. The third-order valence-electron chi connectivity index (χ3n) is 5.54. The lowest BCUT2D eigenvalue weighted by atomic mass is 9.74. The topological polar surface area (TPSA) is 92.7 Å². The van der Waals surface area contributed by atoms with E-state index in [0.29, 0.717) is 29.4 Å². The normalized spacial score (nSPS) is 18.4. The van der Waals surface area contributed by atoms with E-state index in [-0.39, 0.29) is 12.3 Å². The molecule has 8 nitrogen and oxygen atoms in total. The number of ketones is 1. The quantitative estimate of drug-likeness (QED) is 0.606. The third-order valence-corrected chi connectivity index (χ3v) is 5.87. The van der Waals surface area contributed by atoms with E-state index < -0.39 is 24.0 Å². The predicted molar refractivity (Wildman–Crippen MR) is 116 cm³/mol. The molecule has 1 fully saturated rings. The number of amides is 1. The van der Waals surface area contributed by atoms with Crippen LogP contribution >= 0.6 is 11.6 Å². The number of hydrogen-bond donors (Lipinski definition) is 0. The smallest absolute Gasteiger partial charge is 0.326 e. The number of anilines is 1. The van der Waals surface area contributed by atoms with Gasteiger partial charge < -0.3 is 14.5 Å². The molecule has 9 heteroatoms. The molecule has 1 heterocycles. The number of rotatable bonds is 7. The molecule has 0 bridgehead atoms. The molecule has 2 aromatic rings. The van der Waals surface area contributed by atoms with Gasteiger partial charge in [-0.2, -0.15) is 0 Å². The number of esters is 1. The van der Waals surface area contributed by atoms with Crippen molar-refractivity contribution in [2.75, 3.05) is 32.1 Å². The minimum absolute atomic E-state index is 0.0602. The molecule has 3 rings (SSSR count). The molecule has 1 atom stereocenters. The predicted octanol–water partition coefficient (Wildman–Crippen LogP) is 2.61. The van der Waals surface area contributed by atoms with Gasteiger partial charge in [-0.15, -0.1) is 0 Å². The largest absolute Gasteiger partial charge is 0.454 e. The lowest BCUT2D eigenvalue weighted by Crippen LogP contribution is -2.55. The summed E-state index contributed by atoms with van der Waals surface area (Å²) in [5.41, 5.74) is -0.557. The van der Waals surface area contributed by atoms with Crippen LogP contribution in [0, 0.1) is 0 Å². The van der Waals surface area contributed by atoms with Gasteiger partial charge >= 0.3 is 5.97 Å². The van der Waals surface area contributed by atoms with Gasteiger partial charge in [-0.05, 0) is 31.4 Å². The van der Waals surface area contributed by atoms with E-state index in [1.807, 2.05) is 0 Å². The molecule has 0 radical (unpaired) electrons. The number of aromatic nitrogens is 2. The van der Waals surface area contributed by atoms with Crippen LogP contribution in [0.1, 0.15) is 31.2 Å². The van der Waals surface area contributed by atoms with E-state index in [1.165, 1.54) is 9.80 Å². The SMILES string of the molecule is CN(CC(=O)OCC(=O)N(C)C1(c2ccccc2Cl)CCCCC1=O)c1ncccn1. The first-order valence-electron chi connectivity index (χ1n) is 10.0. The molecule has 1 aromatic carbocycles. The molecule has 1 saturated carbocycles. The summed E-state index contributed by atoms with van der Waals surface area (Å²) in [6.45, 7) is -0.589. The molecule has 1 amide bonds. The first-order valence-corrected chi connectivity index (χ1v) is 10.4. The van der Waals surface area contributed by atoms with Gasteiger partial charge in [0.15, 0.2) is 12.4 Å². The Labute approximate surface area is 186 Å². The number of nitrogens with zero attached hydrogens (tertiary/aromatic N) is 4. The average Bonchev–Trinajstić information content (AvgIpc) is 2.78. The fourth-order valence-corrected chi connectivity index (χ4v) is 4.17. The van der Waals surface area contributed by atoms with Crippen molar-refractivity contribution in [3.63, 3.8) is 0 Å². The lowest BCUT2D eigenvalue weighted by Gasteiger charge is -2.43. The van der Waals surface area contributed by atoms with Crippen molar-refractivity contribution in [3.8, 4) is 0 Å². The van der Waals surface area contributed by atoms with E-state index in [0.717, 1.165) is 12.8 Å². The molecule has 0 aliphatic heterocycles. The van der Waals surface area contributed by atoms with Crippen LogP contribution < -0.4 is 4.90 Å². The van der Waals surface area contributed by atoms with Gasteiger partial charge in [0.05, 0.1) is 0 Å².